The molecule has 5 heteroatoms. The molecule has 1 atom stereocenters. The molecule has 2 fully saturated rings. The maximum absolute atomic E-state index is 13.8. The van der Waals surface area contributed by atoms with Gasteiger partial charge < -0.3 is 9.80 Å². The van der Waals surface area contributed by atoms with Crippen molar-refractivity contribution >= 4 is 17.5 Å². The van der Waals surface area contributed by atoms with Crippen LogP contribution >= 0.6 is 0 Å². The van der Waals surface area contributed by atoms with Crippen molar-refractivity contribution in [2.45, 2.75) is 25.3 Å². The molecule has 1 aromatic carbocycles. The maximum Gasteiger partial charge on any atom is 0.249 e. The predicted octanol–water partition coefficient (Wildman–Crippen LogP) is 1.55. The van der Waals surface area contributed by atoms with Crippen molar-refractivity contribution in [2.75, 3.05) is 18.0 Å². The molecule has 0 bridgehead atoms. The maximum atomic E-state index is 13.8. The highest BCUT2D eigenvalue weighted by Crippen LogP contribution is 2.28. The first-order chi connectivity index (χ1) is 9.18. The highest BCUT2D eigenvalue weighted by molar-refractivity contribution is 6.01. The van der Waals surface area contributed by atoms with Crippen LogP contribution in [0.5, 0.6) is 0 Å². The minimum atomic E-state index is -0.422. The molecule has 0 aliphatic carbocycles. The van der Waals surface area contributed by atoms with Gasteiger partial charge in [-0.15, -0.1) is 0 Å². The van der Waals surface area contributed by atoms with Crippen LogP contribution in [0.4, 0.5) is 10.1 Å². The van der Waals surface area contributed by atoms with Crippen LogP contribution in [0.25, 0.3) is 0 Å². The van der Waals surface area contributed by atoms with E-state index in [2.05, 4.69) is 0 Å². The standard InChI is InChI=1S/C14H15FN2O2/c15-10-4-1-2-5-11(10)17-9-7-13(18)16-8-3-6-12(16)14(17)19/h1-2,4-5,12H,3,6-9H2. The Morgan fingerprint density at radius 2 is 1.95 bits per heavy atom. The van der Waals surface area contributed by atoms with Gasteiger partial charge in [0.2, 0.25) is 11.8 Å². The summed E-state index contributed by atoms with van der Waals surface area (Å²) in [6, 6.07) is 5.80. The minimum absolute atomic E-state index is 0.00492. The second-order valence-corrected chi connectivity index (χ2v) is 4.94. The van der Waals surface area contributed by atoms with Crippen LogP contribution in [0.1, 0.15) is 19.3 Å². The van der Waals surface area contributed by atoms with Gasteiger partial charge in [-0.2, -0.15) is 0 Å². The molecule has 2 amide bonds. The van der Waals surface area contributed by atoms with Gasteiger partial charge in [0, 0.05) is 19.5 Å². The van der Waals surface area contributed by atoms with Crippen molar-refractivity contribution in [1.29, 1.82) is 0 Å². The Hall–Kier alpha value is -1.91. The third-order valence-corrected chi connectivity index (χ3v) is 3.82. The lowest BCUT2D eigenvalue weighted by Gasteiger charge is -2.25. The Bertz CT molecular complexity index is 532. The van der Waals surface area contributed by atoms with E-state index in [1.165, 1.54) is 11.0 Å². The molecule has 0 N–H and O–H groups in total. The van der Waals surface area contributed by atoms with Crippen molar-refractivity contribution in [3.05, 3.63) is 30.1 Å². The van der Waals surface area contributed by atoms with Gasteiger partial charge in [0.1, 0.15) is 11.9 Å². The van der Waals surface area contributed by atoms with Crippen molar-refractivity contribution in [2.24, 2.45) is 0 Å². The lowest BCUT2D eigenvalue weighted by Crippen LogP contribution is -2.44. The summed E-state index contributed by atoms with van der Waals surface area (Å²) in [5, 5.41) is 0. The number of nitrogens with zero attached hydrogens (tertiary/aromatic N) is 2. The molecule has 0 spiro atoms. The van der Waals surface area contributed by atoms with E-state index < -0.39 is 11.9 Å². The van der Waals surface area contributed by atoms with E-state index in [-0.39, 0.29) is 30.5 Å². The quantitative estimate of drug-likeness (QED) is 0.770. The van der Waals surface area contributed by atoms with Gasteiger partial charge in [-0.3, -0.25) is 9.59 Å². The predicted molar refractivity (Wildman–Crippen MR) is 68.1 cm³/mol. The highest BCUT2D eigenvalue weighted by Gasteiger charge is 2.40. The molecule has 19 heavy (non-hydrogen) atoms. The second-order valence-electron chi connectivity index (χ2n) is 4.94. The van der Waals surface area contributed by atoms with Crippen molar-refractivity contribution in [3.63, 3.8) is 0 Å². The van der Waals surface area contributed by atoms with E-state index in [1.54, 1.807) is 23.1 Å². The Labute approximate surface area is 110 Å². The average molecular weight is 262 g/mol. The van der Waals surface area contributed by atoms with Crippen LogP contribution in [0, 0.1) is 5.82 Å². The molecule has 2 aliphatic rings. The normalized spacial score (nSPS) is 23.5. The zero-order valence-electron chi connectivity index (χ0n) is 10.5. The Kier molecular flexibility index (Phi) is 2.97. The zero-order valence-corrected chi connectivity index (χ0v) is 10.5. The van der Waals surface area contributed by atoms with Gasteiger partial charge in [-0.25, -0.2) is 4.39 Å². The molecule has 0 aromatic heterocycles. The number of rotatable bonds is 1. The number of carbonyl (C=O) groups excluding carboxylic acids is 2. The summed E-state index contributed by atoms with van der Waals surface area (Å²) in [6.45, 7) is 0.895. The number of halogens is 1. The van der Waals surface area contributed by atoms with Crippen LogP contribution in [-0.2, 0) is 9.59 Å². The number of amides is 2. The summed E-state index contributed by atoms with van der Waals surface area (Å²) >= 11 is 0. The van der Waals surface area contributed by atoms with Crippen LogP contribution in [-0.4, -0.2) is 35.8 Å². The molecular weight excluding hydrogens is 247 g/mol. The molecule has 0 radical (unpaired) electrons. The fourth-order valence-electron chi connectivity index (χ4n) is 2.87. The number of benzene rings is 1. The average Bonchev–Trinajstić information content (AvgIpc) is 2.85. The van der Waals surface area contributed by atoms with Crippen LogP contribution in [0.15, 0.2) is 24.3 Å². The van der Waals surface area contributed by atoms with Gasteiger partial charge in [0.15, 0.2) is 0 Å². The van der Waals surface area contributed by atoms with E-state index in [1.807, 2.05) is 0 Å². The Balaban J connectivity index is 1.96. The summed E-state index contributed by atoms with van der Waals surface area (Å²) in [7, 11) is 0. The summed E-state index contributed by atoms with van der Waals surface area (Å²) < 4.78 is 13.8. The monoisotopic (exact) mass is 262 g/mol. The van der Waals surface area contributed by atoms with Gasteiger partial charge in [0.05, 0.1) is 5.69 Å². The SMILES string of the molecule is O=C1C2CCCN2C(=O)CCN1c1ccccc1F. The number of fused-ring (bicyclic) bond motifs is 1. The van der Waals surface area contributed by atoms with Gasteiger partial charge in [-0.05, 0) is 25.0 Å². The molecule has 100 valence electrons. The number of carbonyl (C=O) groups is 2. The van der Waals surface area contributed by atoms with Crippen LogP contribution in [0.3, 0.4) is 0 Å². The first-order valence-electron chi connectivity index (χ1n) is 6.54. The fourth-order valence-corrected chi connectivity index (χ4v) is 2.87. The largest absolute Gasteiger partial charge is 0.331 e. The molecule has 4 nitrogen and oxygen atoms in total. The van der Waals surface area contributed by atoms with E-state index in [0.717, 1.165) is 6.42 Å². The summed E-state index contributed by atoms with van der Waals surface area (Å²) in [5.41, 5.74) is 0.272. The van der Waals surface area contributed by atoms with E-state index in [9.17, 15) is 14.0 Å². The minimum Gasteiger partial charge on any atom is -0.331 e. The smallest absolute Gasteiger partial charge is 0.249 e. The lowest BCUT2D eigenvalue weighted by molar-refractivity contribution is -0.135. The first kappa shape index (κ1) is 12.1. The highest BCUT2D eigenvalue weighted by atomic mass is 19.1. The van der Waals surface area contributed by atoms with E-state index in [4.69, 9.17) is 0 Å². The topological polar surface area (TPSA) is 40.6 Å². The third kappa shape index (κ3) is 1.99. The molecule has 2 aliphatic heterocycles. The zero-order chi connectivity index (χ0) is 13.4. The van der Waals surface area contributed by atoms with E-state index >= 15 is 0 Å². The third-order valence-electron chi connectivity index (χ3n) is 3.82. The molecule has 3 rings (SSSR count). The Morgan fingerprint density at radius 1 is 1.16 bits per heavy atom. The van der Waals surface area contributed by atoms with Gasteiger partial charge >= 0.3 is 0 Å². The lowest BCUT2D eigenvalue weighted by atomic mass is 10.2. The number of para-hydroxylation sites is 1. The number of hydrogen-bond donors (Lipinski definition) is 0. The fraction of sp³-hybridized carbons (Fsp3) is 0.429. The molecule has 0 saturated carbocycles. The first-order valence-corrected chi connectivity index (χ1v) is 6.54. The molecule has 2 heterocycles. The van der Waals surface area contributed by atoms with Crippen molar-refractivity contribution in [1.82, 2.24) is 4.90 Å². The summed E-state index contributed by atoms with van der Waals surface area (Å²) in [4.78, 5) is 27.5. The molecular formula is C14H15FN2O2. The van der Waals surface area contributed by atoms with Crippen molar-refractivity contribution in [3.8, 4) is 0 Å². The van der Waals surface area contributed by atoms with Gasteiger partial charge in [-0.1, -0.05) is 12.1 Å². The molecule has 2 saturated heterocycles. The molecule has 1 aromatic rings. The van der Waals surface area contributed by atoms with Gasteiger partial charge in [0.25, 0.3) is 0 Å². The Morgan fingerprint density at radius 3 is 2.74 bits per heavy atom. The summed E-state index contributed by atoms with van der Waals surface area (Å²) in [5.74, 6) is -0.585. The molecule has 1 unspecified atom stereocenters. The van der Waals surface area contributed by atoms with Crippen LogP contribution in [0.2, 0.25) is 0 Å². The van der Waals surface area contributed by atoms with Crippen molar-refractivity contribution < 1.29 is 14.0 Å². The van der Waals surface area contributed by atoms with Crippen LogP contribution < -0.4 is 4.90 Å². The second kappa shape index (κ2) is 4.64. The summed E-state index contributed by atoms with van der Waals surface area (Å²) in [6.07, 6.45) is 1.78. The number of hydrogen-bond acceptors (Lipinski definition) is 2. The number of anilines is 1. The van der Waals surface area contributed by atoms with E-state index in [0.29, 0.717) is 13.0 Å².